The van der Waals surface area contributed by atoms with Crippen LogP contribution in [-0.2, 0) is 9.53 Å². The standard InChI is InChI=1S/C30H38FN3O4S.C2H6.C2H2/c1-7-10-15-23(24(20-21(4)5)26(31)25(37-6)16-11-8-2)27(35)32-28-33-34-29(39-28)38-19-13-12-14-22(9-3)30(36)17-18-30;2*1-2/h8-12,14-16,20,36H,2,7,13,17-19H2,1,3-6H3,(H,32,33,35);1-2H3;1-2H/b14-12-,15-10+,16-11-,22-9+,24-23-,26-25+;;. The van der Waals surface area contributed by atoms with E-state index in [9.17, 15) is 9.90 Å². The van der Waals surface area contributed by atoms with Gasteiger partial charge in [-0.15, -0.1) is 17.9 Å². The molecular formula is C34H46FN3O4S. The highest BCUT2D eigenvalue weighted by Gasteiger charge is 2.42. The number of nitrogens with zero attached hydrogens (tertiary/aromatic N) is 2. The molecule has 2 rings (SSSR count). The van der Waals surface area contributed by atoms with E-state index in [-0.39, 0.29) is 22.0 Å². The minimum atomic E-state index is -0.688. The summed E-state index contributed by atoms with van der Waals surface area (Å²) in [5, 5.41) is 21.4. The lowest BCUT2D eigenvalue weighted by Crippen LogP contribution is -2.15. The number of carbonyl (C=O) groups excluding carboxylic acids is 1. The van der Waals surface area contributed by atoms with Crippen LogP contribution in [0.2, 0.25) is 0 Å². The summed E-state index contributed by atoms with van der Waals surface area (Å²) in [7, 11) is 1.36. The van der Waals surface area contributed by atoms with Gasteiger partial charge in [0.25, 0.3) is 11.1 Å². The minimum Gasteiger partial charge on any atom is -0.494 e. The molecule has 1 saturated carbocycles. The summed E-state index contributed by atoms with van der Waals surface area (Å²) in [5.41, 5.74) is 1.23. The lowest BCUT2D eigenvalue weighted by molar-refractivity contribution is -0.112. The molecule has 1 fully saturated rings. The molecule has 1 aliphatic carbocycles. The zero-order valence-electron chi connectivity index (χ0n) is 26.4. The molecule has 1 amide bonds. The third-order valence-electron chi connectivity index (χ3n) is 5.55. The molecule has 0 unspecified atom stereocenters. The maximum absolute atomic E-state index is 15.6. The number of hydrogen-bond acceptors (Lipinski definition) is 7. The van der Waals surface area contributed by atoms with Crippen molar-refractivity contribution in [1.82, 2.24) is 10.2 Å². The highest BCUT2D eigenvalue weighted by molar-refractivity contribution is 7.17. The van der Waals surface area contributed by atoms with Crippen molar-refractivity contribution in [2.45, 2.75) is 72.8 Å². The quantitative estimate of drug-likeness (QED) is 0.0681. The topological polar surface area (TPSA) is 93.6 Å². The molecule has 1 aliphatic rings. The van der Waals surface area contributed by atoms with E-state index in [4.69, 9.17) is 9.47 Å². The van der Waals surface area contributed by atoms with E-state index in [1.165, 1.54) is 19.3 Å². The summed E-state index contributed by atoms with van der Waals surface area (Å²) in [5.74, 6) is -1.27. The Bertz CT molecular complexity index is 1270. The van der Waals surface area contributed by atoms with Crippen molar-refractivity contribution in [3.63, 3.8) is 0 Å². The Kier molecular flexibility index (Phi) is 19.7. The zero-order valence-corrected chi connectivity index (χ0v) is 27.3. The molecule has 9 heteroatoms. The SMILES string of the molecule is C#C.C=C\C=C/C(OC)=C(F)/C(C=C(C)C)=C(/C=C/CC)C(=O)Nc1nnc(OCC/C=C\C(=C/C)C2(O)CC2)s1.CC. The van der Waals surface area contributed by atoms with E-state index in [0.29, 0.717) is 24.6 Å². The van der Waals surface area contributed by atoms with Gasteiger partial charge in [-0.05, 0) is 69.4 Å². The van der Waals surface area contributed by atoms with E-state index >= 15 is 4.39 Å². The lowest BCUT2D eigenvalue weighted by atomic mass is 10.0. The number of aliphatic hydroxyl groups is 1. The van der Waals surface area contributed by atoms with Crippen LogP contribution < -0.4 is 10.1 Å². The molecule has 234 valence electrons. The third kappa shape index (κ3) is 13.7. The van der Waals surface area contributed by atoms with Crippen molar-refractivity contribution < 1.29 is 23.8 Å². The van der Waals surface area contributed by atoms with Gasteiger partial charge in [0.15, 0.2) is 11.6 Å². The summed E-state index contributed by atoms with van der Waals surface area (Å²) >= 11 is 1.07. The summed E-state index contributed by atoms with van der Waals surface area (Å²) in [6.07, 6.45) is 26.1. The molecule has 2 N–H and O–H groups in total. The van der Waals surface area contributed by atoms with Gasteiger partial charge in [0.2, 0.25) is 5.13 Å². The molecule has 0 aromatic carbocycles. The molecule has 1 heterocycles. The molecular weight excluding hydrogens is 565 g/mol. The van der Waals surface area contributed by atoms with Crippen molar-refractivity contribution in [2.75, 3.05) is 19.0 Å². The fourth-order valence-electron chi connectivity index (χ4n) is 3.43. The smallest absolute Gasteiger partial charge is 0.295 e. The molecule has 0 aliphatic heterocycles. The van der Waals surface area contributed by atoms with Crippen LogP contribution in [0.15, 0.2) is 95.1 Å². The number of nitrogens with one attached hydrogen (secondary N) is 1. The average molecular weight is 612 g/mol. The molecule has 0 radical (unpaired) electrons. The van der Waals surface area contributed by atoms with Crippen LogP contribution in [0.4, 0.5) is 9.52 Å². The Morgan fingerprint density at radius 3 is 2.37 bits per heavy atom. The van der Waals surface area contributed by atoms with Crippen molar-refractivity contribution >= 4 is 22.4 Å². The minimum absolute atomic E-state index is 0.0360. The molecule has 0 spiro atoms. The second kappa shape index (κ2) is 21.7. The van der Waals surface area contributed by atoms with Gasteiger partial charge in [-0.3, -0.25) is 10.1 Å². The fraction of sp³-hybridized carbons (Fsp3) is 0.382. The number of rotatable bonds is 15. The summed E-state index contributed by atoms with van der Waals surface area (Å²) < 4.78 is 26.5. The van der Waals surface area contributed by atoms with Gasteiger partial charge < -0.3 is 14.6 Å². The number of ether oxygens (including phenoxy) is 2. The first kappa shape index (κ1) is 39.0. The van der Waals surface area contributed by atoms with Gasteiger partial charge >= 0.3 is 0 Å². The highest BCUT2D eigenvalue weighted by Crippen LogP contribution is 2.42. The Labute approximate surface area is 261 Å². The molecule has 1 aromatic rings. The Morgan fingerprint density at radius 2 is 1.84 bits per heavy atom. The average Bonchev–Trinajstić information content (AvgIpc) is 3.60. The van der Waals surface area contributed by atoms with Crippen LogP contribution in [0.5, 0.6) is 5.19 Å². The van der Waals surface area contributed by atoms with Crippen LogP contribution in [0, 0.1) is 12.8 Å². The van der Waals surface area contributed by atoms with E-state index in [2.05, 4.69) is 34.9 Å². The summed E-state index contributed by atoms with van der Waals surface area (Å²) in [6.45, 7) is 15.4. The molecule has 0 atom stereocenters. The van der Waals surface area contributed by atoms with E-state index in [1.807, 2.05) is 59.8 Å². The third-order valence-corrected chi connectivity index (χ3v) is 6.30. The van der Waals surface area contributed by atoms with Crippen LogP contribution in [0.1, 0.15) is 67.2 Å². The number of anilines is 1. The monoisotopic (exact) mass is 611 g/mol. The first-order valence-electron chi connectivity index (χ1n) is 14.1. The predicted octanol–water partition coefficient (Wildman–Crippen LogP) is 8.35. The number of aromatic nitrogens is 2. The highest BCUT2D eigenvalue weighted by atomic mass is 32.1. The second-order valence-corrected chi connectivity index (χ2v) is 9.92. The Hall–Kier alpha value is -4.00. The van der Waals surface area contributed by atoms with Gasteiger partial charge in [-0.25, -0.2) is 4.39 Å². The number of amides is 1. The molecule has 0 bridgehead atoms. The number of halogens is 1. The van der Waals surface area contributed by atoms with E-state index < -0.39 is 17.3 Å². The van der Waals surface area contributed by atoms with Gasteiger partial charge in [0.1, 0.15) is 0 Å². The number of terminal acetylenes is 1. The number of carbonyl (C=O) groups is 1. The van der Waals surface area contributed by atoms with Crippen LogP contribution >= 0.6 is 11.3 Å². The van der Waals surface area contributed by atoms with Gasteiger partial charge in [0, 0.05) is 11.1 Å². The molecule has 7 nitrogen and oxygen atoms in total. The fourth-order valence-corrected chi connectivity index (χ4v) is 4.04. The predicted molar refractivity (Wildman–Crippen MR) is 177 cm³/mol. The first-order chi connectivity index (χ1) is 20.7. The summed E-state index contributed by atoms with van der Waals surface area (Å²) in [6, 6.07) is 0. The number of allylic oxidation sites excluding steroid dienone is 9. The molecule has 1 aromatic heterocycles. The van der Waals surface area contributed by atoms with Crippen molar-refractivity contribution in [1.29, 1.82) is 0 Å². The van der Waals surface area contributed by atoms with Crippen molar-refractivity contribution in [2.24, 2.45) is 0 Å². The number of methoxy groups -OCH3 is 1. The van der Waals surface area contributed by atoms with E-state index in [0.717, 1.165) is 35.3 Å². The second-order valence-electron chi connectivity index (χ2n) is 8.98. The normalized spacial score (nSPS) is 14.9. The largest absolute Gasteiger partial charge is 0.494 e. The molecule has 43 heavy (non-hydrogen) atoms. The van der Waals surface area contributed by atoms with Gasteiger partial charge in [-0.2, -0.15) is 0 Å². The van der Waals surface area contributed by atoms with Crippen LogP contribution in [0.25, 0.3) is 0 Å². The van der Waals surface area contributed by atoms with E-state index in [1.54, 1.807) is 24.3 Å². The van der Waals surface area contributed by atoms with Crippen molar-refractivity contribution in [3.05, 3.63) is 95.1 Å². The van der Waals surface area contributed by atoms with Crippen LogP contribution in [0.3, 0.4) is 0 Å². The van der Waals surface area contributed by atoms with Crippen LogP contribution in [-0.4, -0.2) is 40.5 Å². The summed E-state index contributed by atoms with van der Waals surface area (Å²) in [4.78, 5) is 13.3. The first-order valence-corrected chi connectivity index (χ1v) is 15.0. The van der Waals surface area contributed by atoms with Gasteiger partial charge in [0.05, 0.1) is 19.3 Å². The number of hydrogen-bond donors (Lipinski definition) is 2. The lowest BCUT2D eigenvalue weighted by Gasteiger charge is -2.11. The zero-order chi connectivity index (χ0) is 32.8. The van der Waals surface area contributed by atoms with Crippen molar-refractivity contribution in [3.8, 4) is 18.0 Å². The maximum atomic E-state index is 15.6. The molecule has 0 saturated heterocycles. The maximum Gasteiger partial charge on any atom is 0.295 e. The Balaban J connectivity index is 0.00000422. The Morgan fingerprint density at radius 1 is 1.16 bits per heavy atom. The van der Waals surface area contributed by atoms with Gasteiger partial charge in [-0.1, -0.05) is 86.6 Å².